The maximum absolute atomic E-state index is 9.64. The van der Waals surface area contributed by atoms with Crippen LogP contribution in [0.5, 0.6) is 0 Å². The standard InChI is InChI=1S/C9H18O.C7H14O.C5H12.C4H10O/c1-9(2,10)8-6-4-3-5-7-8;1-7(8)5-3-2-4-6-7;1-5(2,3)4;1-4(2,3)5/h8,10H,3-7H2,1-2H3;8H,2-6H2,1H3;1-4H3;5H,1-3H3. The van der Waals surface area contributed by atoms with Crippen LogP contribution in [0.3, 0.4) is 0 Å². The largest absolute Gasteiger partial charge is 0.391 e. The fourth-order valence-electron chi connectivity index (χ4n) is 3.12. The van der Waals surface area contributed by atoms with E-state index in [1.807, 2.05) is 20.8 Å². The molecule has 2 aliphatic rings. The number of hydrogen-bond donors (Lipinski definition) is 3. The molecule has 0 aliphatic heterocycles. The number of rotatable bonds is 1. The molecule has 28 heavy (non-hydrogen) atoms. The van der Waals surface area contributed by atoms with Gasteiger partial charge in [0.05, 0.1) is 16.8 Å². The van der Waals surface area contributed by atoms with E-state index in [4.69, 9.17) is 5.11 Å². The van der Waals surface area contributed by atoms with Gasteiger partial charge in [-0.05, 0) is 78.6 Å². The van der Waals surface area contributed by atoms with Gasteiger partial charge in [-0.3, -0.25) is 0 Å². The summed E-state index contributed by atoms with van der Waals surface area (Å²) in [5.41, 5.74) is -0.751. The van der Waals surface area contributed by atoms with E-state index >= 15 is 0 Å². The summed E-state index contributed by atoms with van der Waals surface area (Å²) in [6.07, 6.45) is 12.2. The fourth-order valence-corrected chi connectivity index (χ4v) is 3.12. The Morgan fingerprint density at radius 2 is 0.929 bits per heavy atom. The molecule has 0 spiro atoms. The fraction of sp³-hybridized carbons (Fsp3) is 1.00. The van der Waals surface area contributed by atoms with Gasteiger partial charge < -0.3 is 15.3 Å². The Bertz CT molecular complexity index is 329. The first-order chi connectivity index (χ1) is 12.3. The molecule has 0 aromatic heterocycles. The van der Waals surface area contributed by atoms with Gasteiger partial charge in [-0.25, -0.2) is 0 Å². The molecule has 3 heteroatoms. The van der Waals surface area contributed by atoms with Crippen LogP contribution in [0, 0.1) is 11.3 Å². The summed E-state index contributed by atoms with van der Waals surface area (Å²) in [4.78, 5) is 0. The Morgan fingerprint density at radius 3 is 1.11 bits per heavy atom. The highest BCUT2D eigenvalue weighted by Gasteiger charge is 2.27. The van der Waals surface area contributed by atoms with Gasteiger partial charge in [0.25, 0.3) is 0 Å². The topological polar surface area (TPSA) is 60.7 Å². The summed E-state index contributed by atoms with van der Waals surface area (Å²) in [6, 6.07) is 0. The van der Waals surface area contributed by atoms with Gasteiger partial charge in [0, 0.05) is 0 Å². The summed E-state index contributed by atoms with van der Waals surface area (Å²) in [7, 11) is 0. The molecule has 3 nitrogen and oxygen atoms in total. The zero-order chi connectivity index (χ0) is 22.6. The summed E-state index contributed by atoms with van der Waals surface area (Å²) in [6.45, 7) is 19.8. The maximum Gasteiger partial charge on any atom is 0.0619 e. The van der Waals surface area contributed by atoms with E-state index in [9.17, 15) is 10.2 Å². The smallest absolute Gasteiger partial charge is 0.0619 e. The number of aliphatic hydroxyl groups is 3. The molecule has 172 valence electrons. The lowest BCUT2D eigenvalue weighted by molar-refractivity contribution is 0.000821. The molecule has 0 unspecified atom stereocenters. The van der Waals surface area contributed by atoms with Crippen LogP contribution < -0.4 is 0 Å². The lowest BCUT2D eigenvalue weighted by Gasteiger charge is -2.32. The predicted octanol–water partition coefficient (Wildman–Crippen LogP) is 6.87. The lowest BCUT2D eigenvalue weighted by atomic mass is 9.79. The lowest BCUT2D eigenvalue weighted by Crippen LogP contribution is -2.32. The van der Waals surface area contributed by atoms with Crippen molar-refractivity contribution in [2.24, 2.45) is 11.3 Å². The van der Waals surface area contributed by atoms with Gasteiger partial charge in [0.15, 0.2) is 0 Å². The van der Waals surface area contributed by atoms with Crippen LogP contribution in [0.2, 0.25) is 0 Å². The van der Waals surface area contributed by atoms with Crippen molar-refractivity contribution in [2.45, 2.75) is 150 Å². The van der Waals surface area contributed by atoms with Gasteiger partial charge >= 0.3 is 0 Å². The minimum atomic E-state index is -0.500. The molecule has 0 aromatic carbocycles. The van der Waals surface area contributed by atoms with Crippen LogP contribution in [0.25, 0.3) is 0 Å². The quantitative estimate of drug-likeness (QED) is 0.448. The third-order valence-electron chi connectivity index (χ3n) is 4.53. The predicted molar refractivity (Wildman–Crippen MR) is 124 cm³/mol. The average molecular weight is 403 g/mol. The van der Waals surface area contributed by atoms with Crippen molar-refractivity contribution in [2.75, 3.05) is 0 Å². The highest BCUT2D eigenvalue weighted by atomic mass is 16.3. The molecule has 0 atom stereocenters. The monoisotopic (exact) mass is 402 g/mol. The Hall–Kier alpha value is -0.120. The summed E-state index contributed by atoms with van der Waals surface area (Å²) in [5.74, 6) is 0.557. The first-order valence-electron chi connectivity index (χ1n) is 11.5. The molecule has 2 rings (SSSR count). The maximum atomic E-state index is 9.64. The Morgan fingerprint density at radius 1 is 0.643 bits per heavy atom. The molecule has 0 radical (unpaired) electrons. The minimum absolute atomic E-state index is 0.321. The van der Waals surface area contributed by atoms with Crippen LogP contribution in [0.1, 0.15) is 133 Å². The zero-order valence-corrected chi connectivity index (χ0v) is 21.0. The van der Waals surface area contributed by atoms with E-state index in [-0.39, 0.29) is 5.60 Å². The Kier molecular flexibility index (Phi) is 14.2. The second-order valence-corrected chi connectivity index (χ2v) is 12.2. The highest BCUT2D eigenvalue weighted by Crippen LogP contribution is 2.31. The molecule has 0 saturated heterocycles. The second-order valence-electron chi connectivity index (χ2n) is 12.2. The summed E-state index contributed by atoms with van der Waals surface area (Å²) >= 11 is 0. The zero-order valence-electron chi connectivity index (χ0n) is 21.0. The van der Waals surface area contributed by atoms with Crippen molar-refractivity contribution in [3.63, 3.8) is 0 Å². The Balaban J connectivity index is 0. The van der Waals surface area contributed by atoms with Crippen molar-refractivity contribution in [1.82, 2.24) is 0 Å². The van der Waals surface area contributed by atoms with E-state index < -0.39 is 11.2 Å². The van der Waals surface area contributed by atoms with Gasteiger partial charge in [0.2, 0.25) is 0 Å². The molecular formula is C25H54O3. The van der Waals surface area contributed by atoms with E-state index in [0.29, 0.717) is 11.3 Å². The van der Waals surface area contributed by atoms with Crippen molar-refractivity contribution < 1.29 is 15.3 Å². The molecule has 0 amide bonds. The SMILES string of the molecule is CC(C)(C)C.CC(C)(C)O.CC(C)(O)C1CCCCC1.CC1(O)CCCCC1. The molecule has 2 aliphatic carbocycles. The molecule has 3 N–H and O–H groups in total. The van der Waals surface area contributed by atoms with Crippen LogP contribution in [-0.4, -0.2) is 32.1 Å². The molecule has 0 bridgehead atoms. The number of hydrogen-bond acceptors (Lipinski definition) is 3. The molecule has 0 heterocycles. The van der Waals surface area contributed by atoms with Gasteiger partial charge in [0.1, 0.15) is 0 Å². The third kappa shape index (κ3) is 28.1. The average Bonchev–Trinajstić information content (AvgIpc) is 2.44. The van der Waals surface area contributed by atoms with E-state index in [2.05, 4.69) is 27.7 Å². The second kappa shape index (κ2) is 13.2. The van der Waals surface area contributed by atoms with Gasteiger partial charge in [-0.2, -0.15) is 0 Å². The van der Waals surface area contributed by atoms with Gasteiger partial charge in [-0.1, -0.05) is 66.2 Å². The molecule has 2 saturated carbocycles. The highest BCUT2D eigenvalue weighted by molar-refractivity contribution is 4.79. The molecule has 0 aromatic rings. The van der Waals surface area contributed by atoms with Crippen LogP contribution in [0.4, 0.5) is 0 Å². The third-order valence-corrected chi connectivity index (χ3v) is 4.53. The van der Waals surface area contributed by atoms with Crippen molar-refractivity contribution in [3.8, 4) is 0 Å². The molecule has 2 fully saturated rings. The Labute approximate surface area is 177 Å². The summed E-state index contributed by atoms with van der Waals surface area (Å²) in [5, 5.41) is 27.5. The minimum Gasteiger partial charge on any atom is -0.391 e. The first kappa shape index (κ1) is 30.1. The summed E-state index contributed by atoms with van der Waals surface area (Å²) < 4.78 is 0. The van der Waals surface area contributed by atoms with E-state index in [1.54, 1.807) is 20.8 Å². The van der Waals surface area contributed by atoms with Crippen molar-refractivity contribution in [3.05, 3.63) is 0 Å². The van der Waals surface area contributed by atoms with Crippen LogP contribution >= 0.6 is 0 Å². The van der Waals surface area contributed by atoms with E-state index in [1.165, 1.54) is 51.4 Å². The van der Waals surface area contributed by atoms with Gasteiger partial charge in [-0.15, -0.1) is 0 Å². The van der Waals surface area contributed by atoms with E-state index in [0.717, 1.165) is 12.8 Å². The van der Waals surface area contributed by atoms with Crippen molar-refractivity contribution in [1.29, 1.82) is 0 Å². The molecular weight excluding hydrogens is 348 g/mol. The van der Waals surface area contributed by atoms with Crippen LogP contribution in [0.15, 0.2) is 0 Å². The van der Waals surface area contributed by atoms with Crippen molar-refractivity contribution >= 4 is 0 Å². The first-order valence-corrected chi connectivity index (χ1v) is 11.5. The van der Waals surface area contributed by atoms with Crippen LogP contribution in [-0.2, 0) is 0 Å². The normalized spacial score (nSPS) is 20.5.